The highest BCUT2D eigenvalue weighted by Gasteiger charge is 2.33. The molecule has 2 aromatic carbocycles. The molecule has 4 aromatic rings. The Hall–Kier alpha value is -5.07. The van der Waals surface area contributed by atoms with E-state index in [9.17, 15) is 23.2 Å². The average Bonchev–Trinajstić information content (AvgIpc) is 3.46. The van der Waals surface area contributed by atoms with E-state index >= 15 is 0 Å². The van der Waals surface area contributed by atoms with Crippen LogP contribution in [0.4, 0.5) is 25.1 Å². The molecule has 1 N–H and O–H groups in total. The van der Waals surface area contributed by atoms with Crippen molar-refractivity contribution in [2.75, 3.05) is 29.9 Å². The van der Waals surface area contributed by atoms with Crippen molar-refractivity contribution in [1.29, 1.82) is 0 Å². The van der Waals surface area contributed by atoms with E-state index in [1.165, 1.54) is 7.05 Å². The number of nitrogens with one attached hydrogen (secondary N) is 1. The zero-order chi connectivity index (χ0) is 28.6. The average molecular weight is 550 g/mol. The summed E-state index contributed by atoms with van der Waals surface area (Å²) in [7, 11) is 2.89. The van der Waals surface area contributed by atoms with Crippen molar-refractivity contribution in [2.45, 2.75) is 13.5 Å². The third-order valence-electron chi connectivity index (χ3n) is 6.62. The van der Waals surface area contributed by atoms with Crippen molar-refractivity contribution in [3.05, 3.63) is 82.4 Å². The summed E-state index contributed by atoms with van der Waals surface area (Å²) < 4.78 is 31.9. The number of benzene rings is 2. The zero-order valence-corrected chi connectivity index (χ0v) is 21.8. The largest absolute Gasteiger partial charge is 0.401 e. The molecule has 3 heterocycles. The minimum absolute atomic E-state index is 0.243. The van der Waals surface area contributed by atoms with Gasteiger partial charge < -0.3 is 10.1 Å². The lowest BCUT2D eigenvalue weighted by atomic mass is 10.0. The first-order valence-corrected chi connectivity index (χ1v) is 12.3. The lowest BCUT2D eigenvalue weighted by Crippen LogP contribution is -2.33. The number of rotatable bonds is 7. The highest BCUT2D eigenvalue weighted by atomic mass is 19.3. The van der Waals surface area contributed by atoms with Gasteiger partial charge in [0.15, 0.2) is 0 Å². The number of ether oxygens (including phenoxy) is 1. The van der Waals surface area contributed by atoms with Crippen LogP contribution in [0.5, 0.6) is 6.01 Å². The molecule has 0 unspecified atom stereocenters. The maximum absolute atomic E-state index is 13.4. The SMILES string of the molecule is CNC(=O)c1cccc(N2CCN(c3nccc(-c4ccc(-n5c(OC(F)F)nn(C)c5=O)cc4)c3C)C2=O)c1. The van der Waals surface area contributed by atoms with E-state index < -0.39 is 18.3 Å². The minimum Gasteiger partial charge on any atom is -0.401 e. The summed E-state index contributed by atoms with van der Waals surface area (Å²) >= 11 is 0. The fourth-order valence-electron chi connectivity index (χ4n) is 4.65. The fraction of sp³-hybridized carbons (Fsp3) is 0.222. The quantitative estimate of drug-likeness (QED) is 0.378. The number of carbonyl (C=O) groups excluding carboxylic acids is 2. The van der Waals surface area contributed by atoms with Crippen LogP contribution in [0.1, 0.15) is 15.9 Å². The zero-order valence-electron chi connectivity index (χ0n) is 21.8. The van der Waals surface area contributed by atoms with Gasteiger partial charge in [0, 0.05) is 44.6 Å². The molecular weight excluding hydrogens is 524 g/mol. The van der Waals surface area contributed by atoms with E-state index in [-0.39, 0.29) is 11.9 Å². The molecule has 0 atom stereocenters. The normalized spacial score (nSPS) is 13.3. The summed E-state index contributed by atoms with van der Waals surface area (Å²) in [5.74, 6) is 0.250. The number of hydrogen-bond acceptors (Lipinski definition) is 6. The van der Waals surface area contributed by atoms with Crippen LogP contribution in [0.15, 0.2) is 65.6 Å². The molecule has 11 nitrogen and oxygen atoms in total. The molecule has 5 rings (SSSR count). The molecule has 1 fully saturated rings. The number of carbonyl (C=O) groups is 2. The Balaban J connectivity index is 1.42. The van der Waals surface area contributed by atoms with Crippen molar-refractivity contribution in [1.82, 2.24) is 24.6 Å². The first kappa shape index (κ1) is 26.5. The Morgan fingerprint density at radius 2 is 1.75 bits per heavy atom. The van der Waals surface area contributed by atoms with Gasteiger partial charge in [-0.25, -0.2) is 23.8 Å². The van der Waals surface area contributed by atoms with Crippen LogP contribution in [-0.4, -0.2) is 58.0 Å². The molecule has 0 bridgehead atoms. The molecule has 0 saturated carbocycles. The number of aromatic nitrogens is 4. The predicted octanol–water partition coefficient (Wildman–Crippen LogP) is 3.35. The number of nitrogens with zero attached hydrogens (tertiary/aromatic N) is 6. The van der Waals surface area contributed by atoms with E-state index in [0.717, 1.165) is 25.9 Å². The first-order chi connectivity index (χ1) is 19.2. The molecule has 1 aliphatic rings. The van der Waals surface area contributed by atoms with Crippen LogP contribution in [0.2, 0.25) is 0 Å². The third kappa shape index (κ3) is 4.77. The van der Waals surface area contributed by atoms with Crippen LogP contribution in [0.3, 0.4) is 0 Å². The Bertz CT molecular complexity index is 1650. The van der Waals surface area contributed by atoms with Gasteiger partial charge in [0.2, 0.25) is 0 Å². The van der Waals surface area contributed by atoms with Gasteiger partial charge in [-0.15, -0.1) is 5.10 Å². The lowest BCUT2D eigenvalue weighted by molar-refractivity contribution is -0.0575. The Labute approximate surface area is 227 Å². The van der Waals surface area contributed by atoms with E-state index in [1.54, 1.807) is 77.6 Å². The second-order valence-corrected chi connectivity index (χ2v) is 8.97. The number of halogens is 2. The molecule has 206 valence electrons. The van der Waals surface area contributed by atoms with Gasteiger partial charge in [0.25, 0.3) is 5.91 Å². The number of amides is 3. The van der Waals surface area contributed by atoms with Crippen molar-refractivity contribution in [3.8, 4) is 22.8 Å². The second kappa shape index (κ2) is 10.6. The molecule has 1 aliphatic heterocycles. The Kier molecular flexibility index (Phi) is 7.03. The molecular formula is C27H25F2N7O4. The van der Waals surface area contributed by atoms with Gasteiger partial charge in [-0.1, -0.05) is 18.2 Å². The Morgan fingerprint density at radius 3 is 2.45 bits per heavy atom. The molecule has 3 amide bonds. The van der Waals surface area contributed by atoms with Crippen LogP contribution in [0, 0.1) is 6.92 Å². The maximum Gasteiger partial charge on any atom is 0.389 e. The highest BCUT2D eigenvalue weighted by Crippen LogP contribution is 2.32. The summed E-state index contributed by atoms with van der Waals surface area (Å²) in [5, 5.41) is 6.31. The summed E-state index contributed by atoms with van der Waals surface area (Å²) in [6.45, 7) is -0.468. The highest BCUT2D eigenvalue weighted by molar-refractivity contribution is 6.07. The van der Waals surface area contributed by atoms with Gasteiger partial charge in [-0.3, -0.25) is 14.6 Å². The van der Waals surface area contributed by atoms with Crippen LogP contribution < -0.4 is 25.5 Å². The van der Waals surface area contributed by atoms with Gasteiger partial charge in [-0.2, -0.15) is 8.78 Å². The molecule has 0 spiro atoms. The number of anilines is 2. The molecule has 40 heavy (non-hydrogen) atoms. The number of hydrogen-bond donors (Lipinski definition) is 1. The maximum atomic E-state index is 13.4. The van der Waals surface area contributed by atoms with Gasteiger partial charge in [0.1, 0.15) is 5.82 Å². The second-order valence-electron chi connectivity index (χ2n) is 8.97. The van der Waals surface area contributed by atoms with Crippen molar-refractivity contribution >= 4 is 23.4 Å². The summed E-state index contributed by atoms with van der Waals surface area (Å²) in [5.41, 5.74) is 3.04. The van der Waals surface area contributed by atoms with Crippen molar-refractivity contribution in [3.63, 3.8) is 0 Å². The van der Waals surface area contributed by atoms with E-state index in [0.29, 0.717) is 35.8 Å². The molecule has 0 aliphatic carbocycles. The lowest BCUT2D eigenvalue weighted by Gasteiger charge is -2.21. The van der Waals surface area contributed by atoms with E-state index in [4.69, 9.17) is 0 Å². The van der Waals surface area contributed by atoms with Crippen LogP contribution >= 0.6 is 0 Å². The van der Waals surface area contributed by atoms with Gasteiger partial charge in [-0.05, 0) is 60.0 Å². The van der Waals surface area contributed by atoms with Crippen LogP contribution in [-0.2, 0) is 7.05 Å². The van der Waals surface area contributed by atoms with E-state index in [2.05, 4.69) is 20.1 Å². The number of urea groups is 1. The van der Waals surface area contributed by atoms with Gasteiger partial charge >= 0.3 is 24.3 Å². The molecule has 2 aromatic heterocycles. The monoisotopic (exact) mass is 549 g/mol. The van der Waals surface area contributed by atoms with Crippen molar-refractivity contribution < 1.29 is 23.1 Å². The van der Waals surface area contributed by atoms with Crippen LogP contribution in [0.25, 0.3) is 16.8 Å². The molecule has 0 radical (unpaired) electrons. The first-order valence-electron chi connectivity index (χ1n) is 12.3. The summed E-state index contributed by atoms with van der Waals surface area (Å²) in [4.78, 5) is 45.6. The topological polar surface area (TPSA) is 115 Å². The van der Waals surface area contributed by atoms with E-state index in [1.807, 2.05) is 6.92 Å². The number of alkyl halides is 2. The van der Waals surface area contributed by atoms with Gasteiger partial charge in [0.05, 0.1) is 5.69 Å². The minimum atomic E-state index is -3.14. The fourth-order valence-corrected chi connectivity index (χ4v) is 4.65. The molecule has 1 saturated heterocycles. The number of aryl methyl sites for hydroxylation is 1. The number of pyridine rings is 1. The van der Waals surface area contributed by atoms with Crippen molar-refractivity contribution in [2.24, 2.45) is 7.05 Å². The molecule has 13 heteroatoms. The summed E-state index contributed by atoms with van der Waals surface area (Å²) in [6.07, 6.45) is 1.61. The standard InChI is InChI=1S/C27H25F2N7O4/c1-16-21(17-7-9-19(10-8-17)36-25(40-24(28)29)32-33(3)26(36)38)11-12-31-22(16)35-14-13-34(27(35)39)20-6-4-5-18(15-20)23(37)30-2/h4-12,15,24H,13-14H2,1-3H3,(H,30,37). The smallest absolute Gasteiger partial charge is 0.389 e. The Morgan fingerprint density at radius 1 is 1.02 bits per heavy atom. The third-order valence-corrected chi connectivity index (χ3v) is 6.62. The summed E-state index contributed by atoms with van der Waals surface area (Å²) in [6, 6.07) is 14.5. The predicted molar refractivity (Wildman–Crippen MR) is 143 cm³/mol.